The van der Waals surface area contributed by atoms with Crippen molar-refractivity contribution in [1.29, 1.82) is 0 Å². The normalized spacial score (nSPS) is 13.7. The third-order valence-electron chi connectivity index (χ3n) is 5.35. The molecule has 1 aliphatic rings. The van der Waals surface area contributed by atoms with E-state index in [0.29, 0.717) is 18.7 Å². The number of amides is 1. The minimum Gasteiger partial charge on any atom is -0.478 e. The molecule has 2 N–H and O–H groups in total. The van der Waals surface area contributed by atoms with Crippen molar-refractivity contribution in [3.05, 3.63) is 89.7 Å². The van der Waals surface area contributed by atoms with Gasteiger partial charge in [0, 0.05) is 43.1 Å². The Balaban J connectivity index is 1.47. The van der Waals surface area contributed by atoms with Crippen molar-refractivity contribution in [1.82, 2.24) is 0 Å². The first kappa shape index (κ1) is 20.4. The lowest BCUT2D eigenvalue weighted by molar-refractivity contribution is 0.0698. The number of piperazine rings is 1. The third-order valence-corrected chi connectivity index (χ3v) is 5.35. The van der Waals surface area contributed by atoms with E-state index >= 15 is 0 Å². The highest BCUT2D eigenvalue weighted by Crippen LogP contribution is 2.26. The Bertz CT molecular complexity index is 1080. The molecule has 7 heteroatoms. The first-order chi connectivity index (χ1) is 15.0. The molecule has 3 aromatic rings. The number of nitrogens with zero attached hydrogens (tertiary/aromatic N) is 2. The Morgan fingerprint density at radius 2 is 1.39 bits per heavy atom. The molecule has 0 aromatic heterocycles. The maximum atomic E-state index is 13.1. The largest absolute Gasteiger partial charge is 0.478 e. The molecule has 1 aliphatic heterocycles. The summed E-state index contributed by atoms with van der Waals surface area (Å²) in [5.41, 5.74) is 2.51. The number of halogens is 1. The zero-order valence-corrected chi connectivity index (χ0v) is 16.8. The van der Waals surface area contributed by atoms with Crippen LogP contribution in [-0.2, 0) is 0 Å². The molecule has 1 saturated heterocycles. The van der Waals surface area contributed by atoms with Gasteiger partial charge in [-0.3, -0.25) is 4.79 Å². The number of nitrogens with one attached hydrogen (secondary N) is 1. The summed E-state index contributed by atoms with van der Waals surface area (Å²) in [4.78, 5) is 28.5. The molecule has 1 amide bonds. The second-order valence-electron chi connectivity index (χ2n) is 7.31. The molecule has 0 aliphatic carbocycles. The molecule has 6 nitrogen and oxygen atoms in total. The maximum absolute atomic E-state index is 13.1. The number of benzene rings is 3. The van der Waals surface area contributed by atoms with Gasteiger partial charge in [-0.25, -0.2) is 9.18 Å². The van der Waals surface area contributed by atoms with E-state index in [4.69, 9.17) is 0 Å². The molecular weight excluding hydrogens is 397 g/mol. The second kappa shape index (κ2) is 8.87. The van der Waals surface area contributed by atoms with E-state index in [-0.39, 0.29) is 23.0 Å². The number of carboxylic acids is 1. The van der Waals surface area contributed by atoms with E-state index < -0.39 is 5.97 Å². The van der Waals surface area contributed by atoms with Crippen LogP contribution in [0.15, 0.2) is 72.8 Å². The third kappa shape index (κ3) is 4.66. The molecule has 3 aromatic carbocycles. The van der Waals surface area contributed by atoms with Crippen LogP contribution in [0.1, 0.15) is 20.7 Å². The van der Waals surface area contributed by atoms with Gasteiger partial charge in [0.25, 0.3) is 5.91 Å². The highest BCUT2D eigenvalue weighted by Gasteiger charge is 2.20. The first-order valence-electron chi connectivity index (χ1n) is 10.0. The maximum Gasteiger partial charge on any atom is 0.337 e. The van der Waals surface area contributed by atoms with Crippen LogP contribution in [0.3, 0.4) is 0 Å². The van der Waals surface area contributed by atoms with Gasteiger partial charge in [0.15, 0.2) is 0 Å². The Kier molecular flexibility index (Phi) is 5.84. The molecular formula is C24H22FN3O3. The molecule has 31 heavy (non-hydrogen) atoms. The van der Waals surface area contributed by atoms with Crippen molar-refractivity contribution in [2.75, 3.05) is 41.3 Å². The molecule has 158 valence electrons. The highest BCUT2D eigenvalue weighted by atomic mass is 19.1. The molecule has 0 radical (unpaired) electrons. The molecule has 1 fully saturated rings. The Morgan fingerprint density at radius 3 is 2.00 bits per heavy atom. The van der Waals surface area contributed by atoms with E-state index in [1.165, 1.54) is 12.1 Å². The minimum atomic E-state index is -1.10. The van der Waals surface area contributed by atoms with Crippen LogP contribution >= 0.6 is 0 Å². The topological polar surface area (TPSA) is 72.9 Å². The van der Waals surface area contributed by atoms with Crippen LogP contribution in [0.4, 0.5) is 21.5 Å². The van der Waals surface area contributed by atoms with Crippen LogP contribution in [0.5, 0.6) is 0 Å². The lowest BCUT2D eigenvalue weighted by Gasteiger charge is -2.37. The summed E-state index contributed by atoms with van der Waals surface area (Å²) in [7, 11) is 0. The SMILES string of the molecule is O=C(Nc1ccc(N2CCN(c3ccc(F)cc3)CC2)cc1C(=O)O)c1ccccc1. The van der Waals surface area contributed by atoms with Crippen molar-refractivity contribution in [3.8, 4) is 0 Å². The molecule has 0 unspecified atom stereocenters. The summed E-state index contributed by atoms with van der Waals surface area (Å²) in [5, 5.41) is 12.4. The monoisotopic (exact) mass is 419 g/mol. The zero-order chi connectivity index (χ0) is 21.8. The van der Waals surface area contributed by atoms with Crippen LogP contribution in [0.25, 0.3) is 0 Å². The number of carbonyl (C=O) groups excluding carboxylic acids is 1. The quantitative estimate of drug-likeness (QED) is 0.651. The molecule has 0 spiro atoms. The summed E-state index contributed by atoms with van der Waals surface area (Å²) < 4.78 is 13.1. The van der Waals surface area contributed by atoms with E-state index in [1.54, 1.807) is 48.5 Å². The lowest BCUT2D eigenvalue weighted by atomic mass is 10.1. The number of hydrogen-bond donors (Lipinski definition) is 2. The van der Waals surface area contributed by atoms with Gasteiger partial charge in [-0.05, 0) is 54.6 Å². The first-order valence-corrected chi connectivity index (χ1v) is 10.0. The van der Waals surface area contributed by atoms with Gasteiger partial charge in [0.2, 0.25) is 0 Å². The number of carboxylic acid groups (broad SMARTS) is 1. The molecule has 0 saturated carbocycles. The van der Waals surface area contributed by atoms with Gasteiger partial charge < -0.3 is 20.2 Å². The van der Waals surface area contributed by atoms with E-state index in [1.807, 2.05) is 12.1 Å². The van der Waals surface area contributed by atoms with Gasteiger partial charge in [0.05, 0.1) is 11.3 Å². The Hall–Kier alpha value is -3.87. The van der Waals surface area contributed by atoms with Crippen molar-refractivity contribution >= 4 is 28.9 Å². The number of aromatic carboxylic acids is 1. The minimum absolute atomic E-state index is 0.0442. The fourth-order valence-electron chi connectivity index (χ4n) is 3.67. The molecule has 1 heterocycles. The second-order valence-corrected chi connectivity index (χ2v) is 7.31. The number of rotatable bonds is 5. The van der Waals surface area contributed by atoms with Crippen molar-refractivity contribution < 1.29 is 19.1 Å². The summed E-state index contributed by atoms with van der Waals surface area (Å²) in [5.74, 6) is -1.72. The average molecular weight is 419 g/mol. The van der Waals surface area contributed by atoms with Gasteiger partial charge in [0.1, 0.15) is 5.82 Å². The fraction of sp³-hybridized carbons (Fsp3) is 0.167. The molecule has 4 rings (SSSR count). The van der Waals surface area contributed by atoms with Crippen LogP contribution in [0.2, 0.25) is 0 Å². The summed E-state index contributed by atoms with van der Waals surface area (Å²) in [6.07, 6.45) is 0. The number of anilines is 3. The lowest BCUT2D eigenvalue weighted by Crippen LogP contribution is -2.46. The average Bonchev–Trinajstić information content (AvgIpc) is 2.80. The van der Waals surface area contributed by atoms with Gasteiger partial charge in [-0.2, -0.15) is 0 Å². The highest BCUT2D eigenvalue weighted by molar-refractivity contribution is 6.08. The van der Waals surface area contributed by atoms with Crippen molar-refractivity contribution in [2.24, 2.45) is 0 Å². The fourth-order valence-corrected chi connectivity index (χ4v) is 3.67. The number of hydrogen-bond acceptors (Lipinski definition) is 4. The predicted octanol–water partition coefficient (Wildman–Crippen LogP) is 4.10. The number of carbonyl (C=O) groups is 2. The van der Waals surface area contributed by atoms with E-state index in [2.05, 4.69) is 15.1 Å². The standard InChI is InChI=1S/C24H22FN3O3/c25-18-6-8-19(9-7-18)27-12-14-28(15-13-27)20-10-11-22(21(16-20)24(30)31)26-23(29)17-4-2-1-3-5-17/h1-11,16H,12-15H2,(H,26,29)(H,30,31). The zero-order valence-electron chi connectivity index (χ0n) is 16.8. The van der Waals surface area contributed by atoms with Crippen LogP contribution in [-0.4, -0.2) is 43.2 Å². The summed E-state index contributed by atoms with van der Waals surface area (Å²) >= 11 is 0. The Labute approximate surface area is 179 Å². The molecule has 0 atom stereocenters. The van der Waals surface area contributed by atoms with E-state index in [9.17, 15) is 19.1 Å². The summed E-state index contributed by atoms with van der Waals surface area (Å²) in [6.45, 7) is 2.87. The molecule has 0 bridgehead atoms. The smallest absolute Gasteiger partial charge is 0.337 e. The van der Waals surface area contributed by atoms with Gasteiger partial charge in [-0.15, -0.1) is 0 Å². The predicted molar refractivity (Wildman–Crippen MR) is 119 cm³/mol. The summed E-state index contributed by atoms with van der Waals surface area (Å²) in [6, 6.07) is 20.1. The van der Waals surface area contributed by atoms with Crippen molar-refractivity contribution in [3.63, 3.8) is 0 Å². The van der Waals surface area contributed by atoms with Gasteiger partial charge in [-0.1, -0.05) is 18.2 Å². The van der Waals surface area contributed by atoms with E-state index in [0.717, 1.165) is 24.5 Å². The van der Waals surface area contributed by atoms with Crippen LogP contribution in [0, 0.1) is 5.82 Å². The van der Waals surface area contributed by atoms with Gasteiger partial charge >= 0.3 is 5.97 Å². The van der Waals surface area contributed by atoms with Crippen molar-refractivity contribution in [2.45, 2.75) is 0 Å². The Morgan fingerprint density at radius 1 is 0.806 bits per heavy atom. The van der Waals surface area contributed by atoms with Crippen LogP contribution < -0.4 is 15.1 Å².